The van der Waals surface area contributed by atoms with E-state index in [9.17, 15) is 9.70 Å². The predicted molar refractivity (Wildman–Crippen MR) is 97.4 cm³/mol. The van der Waals surface area contributed by atoms with Gasteiger partial charge in [-0.1, -0.05) is 12.1 Å². The van der Waals surface area contributed by atoms with Crippen molar-refractivity contribution in [2.45, 2.75) is 0 Å². The van der Waals surface area contributed by atoms with Crippen LogP contribution in [0.3, 0.4) is 0 Å². The van der Waals surface area contributed by atoms with Crippen LogP contribution < -0.4 is 15.8 Å². The van der Waals surface area contributed by atoms with Gasteiger partial charge in [-0.3, -0.25) is 9.20 Å². The van der Waals surface area contributed by atoms with Gasteiger partial charge in [0, 0.05) is 44.0 Å². The lowest BCUT2D eigenvalue weighted by atomic mass is 10.1. The van der Waals surface area contributed by atoms with Gasteiger partial charge in [0.25, 0.3) is 5.56 Å². The van der Waals surface area contributed by atoms with Gasteiger partial charge in [0.1, 0.15) is 11.3 Å². The van der Waals surface area contributed by atoms with Gasteiger partial charge in [0.2, 0.25) is 0 Å². The van der Waals surface area contributed by atoms with E-state index < -0.39 is 0 Å². The average molecular weight is 335 g/mol. The number of nitrogens with one attached hydrogen (secondary N) is 1. The summed E-state index contributed by atoms with van der Waals surface area (Å²) in [6.07, 6.45) is 1.84. The molecule has 0 amide bonds. The van der Waals surface area contributed by atoms with Crippen LogP contribution in [0.25, 0.3) is 16.9 Å². The summed E-state index contributed by atoms with van der Waals surface area (Å²) in [5, 5.41) is 6.25. The van der Waals surface area contributed by atoms with Crippen LogP contribution in [0.15, 0.2) is 58.6 Å². The quantitative estimate of drug-likeness (QED) is 0.742. The number of hydrogen-bond donors (Lipinski definition) is 1. The minimum Gasteiger partial charge on any atom is -0.368 e. The first kappa shape index (κ1) is 15.5. The molecule has 1 aliphatic heterocycles. The van der Waals surface area contributed by atoms with Gasteiger partial charge in [0.05, 0.1) is 11.4 Å². The smallest absolute Gasteiger partial charge is 0.258 e. The number of piperazine rings is 1. The number of rotatable bonds is 3. The van der Waals surface area contributed by atoms with Crippen molar-refractivity contribution in [2.75, 3.05) is 31.1 Å². The zero-order chi connectivity index (χ0) is 17.2. The van der Waals surface area contributed by atoms with Crippen LogP contribution in [0.2, 0.25) is 0 Å². The maximum absolute atomic E-state index is 12.6. The van der Waals surface area contributed by atoms with E-state index in [1.807, 2.05) is 24.4 Å². The van der Waals surface area contributed by atoms with Crippen molar-refractivity contribution in [3.63, 3.8) is 0 Å². The first-order valence-corrected chi connectivity index (χ1v) is 8.17. The minimum atomic E-state index is -0.151. The average Bonchev–Trinajstić information content (AvgIpc) is 2.68. The Morgan fingerprint density at radius 3 is 2.72 bits per heavy atom. The molecule has 7 nitrogen and oxygen atoms in total. The number of pyridine rings is 1. The second-order valence-corrected chi connectivity index (χ2v) is 5.97. The lowest BCUT2D eigenvalue weighted by molar-refractivity contribution is 0.588. The summed E-state index contributed by atoms with van der Waals surface area (Å²) in [5.74, 6) is 0. The van der Waals surface area contributed by atoms with E-state index in [0.29, 0.717) is 22.6 Å². The largest absolute Gasteiger partial charge is 0.368 e. The zero-order valence-electron chi connectivity index (χ0n) is 13.6. The van der Waals surface area contributed by atoms with Gasteiger partial charge >= 0.3 is 0 Å². The van der Waals surface area contributed by atoms with Gasteiger partial charge < -0.3 is 10.2 Å². The molecule has 0 unspecified atom stereocenters. The number of aromatic nitrogens is 2. The molecule has 4 rings (SSSR count). The standard InChI is InChI=1S/C18H17N5O2/c24-18-11-16(13-2-1-3-14(10-13)21-25)20-17-5-4-15(12-23(17)18)22-8-6-19-7-9-22/h1-5,10-12,19H,6-9H2. The summed E-state index contributed by atoms with van der Waals surface area (Å²) in [7, 11) is 0. The van der Waals surface area contributed by atoms with Crippen molar-refractivity contribution in [1.29, 1.82) is 0 Å². The van der Waals surface area contributed by atoms with Crippen molar-refractivity contribution in [2.24, 2.45) is 5.18 Å². The molecule has 126 valence electrons. The van der Waals surface area contributed by atoms with Crippen molar-refractivity contribution in [3.05, 3.63) is 63.9 Å². The van der Waals surface area contributed by atoms with Crippen LogP contribution in [0.4, 0.5) is 11.4 Å². The molecule has 0 spiro atoms. The topological polar surface area (TPSA) is 79.1 Å². The van der Waals surface area contributed by atoms with Crippen molar-refractivity contribution in [3.8, 4) is 11.3 Å². The van der Waals surface area contributed by atoms with Gasteiger partial charge in [-0.05, 0) is 29.4 Å². The molecule has 0 bridgehead atoms. The second-order valence-electron chi connectivity index (χ2n) is 5.97. The Morgan fingerprint density at radius 2 is 1.92 bits per heavy atom. The molecule has 1 N–H and O–H groups in total. The number of hydrogen-bond acceptors (Lipinski definition) is 6. The molecule has 1 aliphatic rings. The molecular formula is C18H17N5O2. The Bertz CT molecular complexity index is 992. The van der Waals surface area contributed by atoms with Crippen LogP contribution in [0, 0.1) is 4.91 Å². The number of fused-ring (bicyclic) bond motifs is 1. The molecule has 0 radical (unpaired) electrons. The fourth-order valence-electron chi connectivity index (χ4n) is 3.07. The van der Waals surface area contributed by atoms with E-state index in [0.717, 1.165) is 31.9 Å². The second kappa shape index (κ2) is 6.45. The van der Waals surface area contributed by atoms with Gasteiger partial charge in [0.15, 0.2) is 0 Å². The third kappa shape index (κ3) is 3.01. The fraction of sp³-hybridized carbons (Fsp3) is 0.222. The van der Waals surface area contributed by atoms with E-state index in [2.05, 4.69) is 20.4 Å². The van der Waals surface area contributed by atoms with E-state index in [1.54, 1.807) is 22.6 Å². The highest BCUT2D eigenvalue weighted by Crippen LogP contribution is 2.22. The molecule has 1 aromatic carbocycles. The SMILES string of the molecule is O=Nc1cccc(-c2cc(=O)n3cc(N4CCNCC4)ccc3n2)c1. The first-order chi connectivity index (χ1) is 12.2. The molecule has 3 heterocycles. The number of benzene rings is 1. The monoisotopic (exact) mass is 335 g/mol. The summed E-state index contributed by atoms with van der Waals surface area (Å²) < 4.78 is 1.56. The van der Waals surface area contributed by atoms with Crippen LogP contribution in [-0.4, -0.2) is 35.6 Å². The van der Waals surface area contributed by atoms with Gasteiger partial charge in [-0.2, -0.15) is 0 Å². The Balaban J connectivity index is 1.77. The summed E-state index contributed by atoms with van der Waals surface area (Å²) in [5.41, 5.74) is 2.98. The maximum Gasteiger partial charge on any atom is 0.258 e. The summed E-state index contributed by atoms with van der Waals surface area (Å²) in [4.78, 5) is 30.1. The zero-order valence-corrected chi connectivity index (χ0v) is 13.6. The minimum absolute atomic E-state index is 0.151. The van der Waals surface area contributed by atoms with Gasteiger partial charge in [-0.15, -0.1) is 4.91 Å². The highest BCUT2D eigenvalue weighted by molar-refractivity contribution is 5.66. The molecule has 1 fully saturated rings. The maximum atomic E-state index is 12.6. The summed E-state index contributed by atoms with van der Waals surface area (Å²) in [6, 6.07) is 12.1. The highest BCUT2D eigenvalue weighted by Gasteiger charge is 2.12. The number of nitroso groups, excluding NO2 is 1. The number of anilines is 1. The molecule has 7 heteroatoms. The Morgan fingerprint density at radius 1 is 1.08 bits per heavy atom. The Kier molecular flexibility index (Phi) is 3.99. The molecule has 2 aromatic heterocycles. The Labute approximate surface area is 143 Å². The molecule has 25 heavy (non-hydrogen) atoms. The van der Waals surface area contributed by atoms with Gasteiger partial charge in [-0.25, -0.2) is 4.98 Å². The van der Waals surface area contributed by atoms with Crippen molar-refractivity contribution in [1.82, 2.24) is 14.7 Å². The lowest BCUT2D eigenvalue weighted by Crippen LogP contribution is -2.43. The molecule has 0 saturated carbocycles. The third-order valence-corrected chi connectivity index (χ3v) is 4.37. The highest BCUT2D eigenvalue weighted by atomic mass is 16.3. The molecule has 0 atom stereocenters. The van der Waals surface area contributed by atoms with E-state index in [4.69, 9.17) is 0 Å². The molecule has 1 saturated heterocycles. The van der Waals surface area contributed by atoms with Crippen LogP contribution >= 0.6 is 0 Å². The van der Waals surface area contributed by atoms with Crippen molar-refractivity contribution >= 4 is 17.0 Å². The van der Waals surface area contributed by atoms with Crippen molar-refractivity contribution < 1.29 is 0 Å². The summed E-state index contributed by atoms with van der Waals surface area (Å²) in [6.45, 7) is 3.70. The van der Waals surface area contributed by atoms with E-state index >= 15 is 0 Å². The van der Waals surface area contributed by atoms with Crippen LogP contribution in [0.1, 0.15) is 0 Å². The van der Waals surface area contributed by atoms with Crippen LogP contribution in [-0.2, 0) is 0 Å². The Hall–Kier alpha value is -3.06. The molecule has 3 aromatic rings. The first-order valence-electron chi connectivity index (χ1n) is 8.17. The fourth-order valence-corrected chi connectivity index (χ4v) is 3.07. The number of nitrogens with zero attached hydrogens (tertiary/aromatic N) is 4. The predicted octanol–water partition coefficient (Wildman–Crippen LogP) is 2.17. The summed E-state index contributed by atoms with van der Waals surface area (Å²) >= 11 is 0. The third-order valence-electron chi connectivity index (χ3n) is 4.37. The molecular weight excluding hydrogens is 318 g/mol. The normalized spacial score (nSPS) is 14.6. The van der Waals surface area contributed by atoms with E-state index in [-0.39, 0.29) is 5.56 Å². The van der Waals surface area contributed by atoms with E-state index in [1.165, 1.54) is 6.07 Å². The van der Waals surface area contributed by atoms with Crippen LogP contribution in [0.5, 0.6) is 0 Å². The molecule has 0 aliphatic carbocycles. The lowest BCUT2D eigenvalue weighted by Gasteiger charge is -2.29.